The lowest BCUT2D eigenvalue weighted by Crippen LogP contribution is -2.42. The average Bonchev–Trinajstić information content (AvgIpc) is 2.31. The first-order valence-electron chi connectivity index (χ1n) is 6.59. The number of nitrogens with two attached hydrogens (primary N) is 1. The second-order valence-electron chi connectivity index (χ2n) is 5.29. The SMILES string of the molecule is CCOc1ccc(N(C)C(C)(C)CCN)cc1C. The predicted molar refractivity (Wildman–Crippen MR) is 78.5 cm³/mol. The third kappa shape index (κ3) is 3.39. The Morgan fingerprint density at radius 3 is 2.50 bits per heavy atom. The summed E-state index contributed by atoms with van der Waals surface area (Å²) in [6, 6.07) is 6.32. The van der Waals surface area contributed by atoms with Gasteiger partial charge in [-0.2, -0.15) is 0 Å². The molecule has 3 heteroatoms. The highest BCUT2D eigenvalue weighted by atomic mass is 16.5. The number of anilines is 1. The Labute approximate surface area is 111 Å². The number of hydrogen-bond donors (Lipinski definition) is 1. The Bertz CT molecular complexity index is 388. The molecule has 0 spiro atoms. The van der Waals surface area contributed by atoms with Gasteiger partial charge in [-0.1, -0.05) is 0 Å². The summed E-state index contributed by atoms with van der Waals surface area (Å²) in [5.74, 6) is 0.964. The van der Waals surface area contributed by atoms with Crippen LogP contribution in [0.1, 0.15) is 32.8 Å². The van der Waals surface area contributed by atoms with Gasteiger partial charge < -0.3 is 15.4 Å². The first-order chi connectivity index (χ1) is 8.42. The zero-order valence-electron chi connectivity index (χ0n) is 12.3. The number of hydrogen-bond acceptors (Lipinski definition) is 3. The van der Waals surface area contributed by atoms with E-state index in [1.807, 2.05) is 13.0 Å². The van der Waals surface area contributed by atoms with Crippen molar-refractivity contribution in [1.29, 1.82) is 0 Å². The van der Waals surface area contributed by atoms with E-state index in [9.17, 15) is 0 Å². The fraction of sp³-hybridized carbons (Fsp3) is 0.600. The lowest BCUT2D eigenvalue weighted by molar-refractivity contribution is 0.338. The molecule has 0 atom stereocenters. The highest BCUT2D eigenvalue weighted by molar-refractivity contribution is 5.53. The van der Waals surface area contributed by atoms with E-state index in [1.165, 1.54) is 11.3 Å². The normalized spacial score (nSPS) is 11.4. The molecule has 18 heavy (non-hydrogen) atoms. The maximum atomic E-state index is 5.68. The first-order valence-corrected chi connectivity index (χ1v) is 6.59. The van der Waals surface area contributed by atoms with Crippen molar-refractivity contribution in [2.75, 3.05) is 25.1 Å². The van der Waals surface area contributed by atoms with Crippen LogP contribution in [0, 0.1) is 6.92 Å². The smallest absolute Gasteiger partial charge is 0.122 e. The molecule has 0 saturated heterocycles. The standard InChI is InChI=1S/C15H26N2O/c1-6-18-14-8-7-13(11-12(14)2)17(5)15(3,4)9-10-16/h7-8,11H,6,9-10,16H2,1-5H3. The van der Waals surface area contributed by atoms with Gasteiger partial charge in [-0.15, -0.1) is 0 Å². The third-order valence-electron chi connectivity index (χ3n) is 3.51. The maximum Gasteiger partial charge on any atom is 0.122 e. The molecule has 0 radical (unpaired) electrons. The summed E-state index contributed by atoms with van der Waals surface area (Å²) in [6.45, 7) is 9.92. The Morgan fingerprint density at radius 1 is 1.33 bits per heavy atom. The Hall–Kier alpha value is -1.22. The molecule has 0 aliphatic heterocycles. The molecule has 0 aliphatic carbocycles. The minimum atomic E-state index is 0.0638. The van der Waals surface area contributed by atoms with Gasteiger partial charge >= 0.3 is 0 Å². The van der Waals surface area contributed by atoms with Gasteiger partial charge in [0, 0.05) is 18.3 Å². The molecule has 0 aromatic heterocycles. The summed E-state index contributed by atoms with van der Waals surface area (Å²) in [6.07, 6.45) is 0.968. The Morgan fingerprint density at radius 2 is 2.00 bits per heavy atom. The van der Waals surface area contributed by atoms with Crippen LogP contribution in [-0.2, 0) is 0 Å². The molecule has 1 rings (SSSR count). The highest BCUT2D eigenvalue weighted by Gasteiger charge is 2.23. The van der Waals surface area contributed by atoms with E-state index in [-0.39, 0.29) is 5.54 Å². The number of ether oxygens (including phenoxy) is 1. The minimum absolute atomic E-state index is 0.0638. The lowest BCUT2D eigenvalue weighted by Gasteiger charge is -2.37. The van der Waals surface area contributed by atoms with Gasteiger partial charge in [0.25, 0.3) is 0 Å². The van der Waals surface area contributed by atoms with Gasteiger partial charge in [0.15, 0.2) is 0 Å². The summed E-state index contributed by atoms with van der Waals surface area (Å²) in [7, 11) is 2.12. The van der Waals surface area contributed by atoms with Crippen molar-refractivity contribution >= 4 is 5.69 Å². The zero-order chi connectivity index (χ0) is 13.8. The highest BCUT2D eigenvalue weighted by Crippen LogP contribution is 2.29. The van der Waals surface area contributed by atoms with Crippen LogP contribution in [-0.4, -0.2) is 25.7 Å². The van der Waals surface area contributed by atoms with E-state index in [1.54, 1.807) is 0 Å². The molecule has 0 saturated carbocycles. The van der Waals surface area contributed by atoms with Crippen LogP contribution >= 0.6 is 0 Å². The monoisotopic (exact) mass is 250 g/mol. The van der Waals surface area contributed by atoms with Gasteiger partial charge in [0.2, 0.25) is 0 Å². The molecule has 0 heterocycles. The zero-order valence-corrected chi connectivity index (χ0v) is 12.3. The van der Waals surface area contributed by atoms with Crippen molar-refractivity contribution in [3.8, 4) is 5.75 Å². The first kappa shape index (κ1) is 14.8. The van der Waals surface area contributed by atoms with Crippen molar-refractivity contribution in [3.63, 3.8) is 0 Å². The van der Waals surface area contributed by atoms with Crippen LogP contribution in [0.15, 0.2) is 18.2 Å². The molecule has 0 bridgehead atoms. The quantitative estimate of drug-likeness (QED) is 0.843. The second-order valence-corrected chi connectivity index (χ2v) is 5.29. The van der Waals surface area contributed by atoms with E-state index in [4.69, 9.17) is 10.5 Å². The van der Waals surface area contributed by atoms with Gasteiger partial charge in [-0.25, -0.2) is 0 Å². The molecule has 1 aromatic rings. The van der Waals surface area contributed by atoms with Crippen molar-refractivity contribution in [1.82, 2.24) is 0 Å². The molecule has 1 aromatic carbocycles. The Balaban J connectivity index is 2.93. The summed E-state index contributed by atoms with van der Waals surface area (Å²) in [5, 5.41) is 0. The van der Waals surface area contributed by atoms with Crippen LogP contribution < -0.4 is 15.4 Å². The molecule has 102 valence electrons. The summed E-state index contributed by atoms with van der Waals surface area (Å²) >= 11 is 0. The minimum Gasteiger partial charge on any atom is -0.494 e. The number of nitrogens with zero attached hydrogens (tertiary/aromatic N) is 1. The molecule has 0 aliphatic rings. The molecule has 3 nitrogen and oxygen atoms in total. The average molecular weight is 250 g/mol. The van der Waals surface area contributed by atoms with Crippen molar-refractivity contribution < 1.29 is 4.74 Å². The molecule has 2 N–H and O–H groups in total. The van der Waals surface area contributed by atoms with Gasteiger partial charge in [-0.05, 0) is 64.4 Å². The Kier molecular flexibility index (Phi) is 5.03. The van der Waals surface area contributed by atoms with Crippen LogP contribution in [0.3, 0.4) is 0 Å². The van der Waals surface area contributed by atoms with Crippen LogP contribution in [0.4, 0.5) is 5.69 Å². The predicted octanol–water partition coefficient (Wildman–Crippen LogP) is 2.96. The van der Waals surface area contributed by atoms with Gasteiger partial charge in [0.1, 0.15) is 5.75 Å². The van der Waals surface area contributed by atoms with E-state index in [2.05, 4.69) is 44.9 Å². The topological polar surface area (TPSA) is 38.5 Å². The van der Waals surface area contributed by atoms with Gasteiger partial charge in [-0.3, -0.25) is 0 Å². The number of rotatable bonds is 6. The fourth-order valence-corrected chi connectivity index (χ4v) is 2.03. The van der Waals surface area contributed by atoms with Crippen molar-refractivity contribution in [3.05, 3.63) is 23.8 Å². The third-order valence-corrected chi connectivity index (χ3v) is 3.51. The molecule has 0 amide bonds. The summed E-state index contributed by atoms with van der Waals surface area (Å²) in [5.41, 5.74) is 8.12. The van der Waals surface area contributed by atoms with Crippen LogP contribution in [0.25, 0.3) is 0 Å². The summed E-state index contributed by atoms with van der Waals surface area (Å²) < 4.78 is 5.57. The van der Waals surface area contributed by atoms with Crippen LogP contribution in [0.5, 0.6) is 5.75 Å². The maximum absolute atomic E-state index is 5.68. The molecule has 0 fully saturated rings. The van der Waals surface area contributed by atoms with E-state index >= 15 is 0 Å². The number of benzene rings is 1. The molecule has 0 unspecified atom stereocenters. The van der Waals surface area contributed by atoms with E-state index in [0.29, 0.717) is 13.2 Å². The van der Waals surface area contributed by atoms with Crippen molar-refractivity contribution in [2.45, 2.75) is 39.7 Å². The van der Waals surface area contributed by atoms with E-state index < -0.39 is 0 Å². The molecular weight excluding hydrogens is 224 g/mol. The van der Waals surface area contributed by atoms with Gasteiger partial charge in [0.05, 0.1) is 6.61 Å². The number of aryl methyl sites for hydroxylation is 1. The van der Waals surface area contributed by atoms with E-state index in [0.717, 1.165) is 12.2 Å². The van der Waals surface area contributed by atoms with Crippen molar-refractivity contribution in [2.24, 2.45) is 5.73 Å². The largest absolute Gasteiger partial charge is 0.494 e. The fourth-order valence-electron chi connectivity index (χ4n) is 2.03. The summed E-state index contributed by atoms with van der Waals surface area (Å²) in [4.78, 5) is 2.28. The second kappa shape index (κ2) is 6.10. The lowest BCUT2D eigenvalue weighted by atomic mass is 9.97. The molecular formula is C15H26N2O. The van der Waals surface area contributed by atoms with Crippen LogP contribution in [0.2, 0.25) is 0 Å².